The van der Waals surface area contributed by atoms with Gasteiger partial charge in [-0.2, -0.15) is 11.8 Å². The van der Waals surface area contributed by atoms with Gasteiger partial charge in [-0.05, 0) is 36.2 Å². The Hall–Kier alpha value is -1.94. The molecule has 2 aromatic carbocycles. The van der Waals surface area contributed by atoms with Crippen LogP contribution in [0.5, 0.6) is 5.75 Å². The van der Waals surface area contributed by atoms with E-state index in [1.165, 1.54) is 5.56 Å². The molecule has 22 heavy (non-hydrogen) atoms. The quantitative estimate of drug-likeness (QED) is 0.792. The van der Waals surface area contributed by atoms with Crippen molar-refractivity contribution in [1.29, 1.82) is 0 Å². The van der Waals surface area contributed by atoms with E-state index in [4.69, 9.17) is 4.74 Å². The average molecular weight is 315 g/mol. The smallest absolute Gasteiger partial charge is 0.251 e. The van der Waals surface area contributed by atoms with Gasteiger partial charge in [0.1, 0.15) is 5.75 Å². The number of amides is 1. The van der Waals surface area contributed by atoms with E-state index in [1.807, 2.05) is 49.0 Å². The Morgan fingerprint density at radius 1 is 1.18 bits per heavy atom. The lowest BCUT2D eigenvalue weighted by molar-refractivity contribution is 0.0956. The van der Waals surface area contributed by atoms with Crippen molar-refractivity contribution in [3.63, 3.8) is 0 Å². The Morgan fingerprint density at radius 2 is 1.95 bits per heavy atom. The van der Waals surface area contributed by atoms with E-state index >= 15 is 0 Å². The zero-order valence-corrected chi connectivity index (χ0v) is 13.8. The van der Waals surface area contributed by atoms with Gasteiger partial charge in [-0.1, -0.05) is 30.3 Å². The Balaban J connectivity index is 1.72. The van der Waals surface area contributed by atoms with Crippen molar-refractivity contribution in [2.24, 2.45) is 0 Å². The molecule has 0 aromatic heterocycles. The van der Waals surface area contributed by atoms with Crippen LogP contribution in [0.3, 0.4) is 0 Å². The maximum atomic E-state index is 12.1. The summed E-state index contributed by atoms with van der Waals surface area (Å²) in [5, 5.41) is 2.95. The fraction of sp³-hybridized carbons (Fsp3) is 0.278. The molecular weight excluding hydrogens is 294 g/mol. The molecule has 2 aromatic rings. The maximum Gasteiger partial charge on any atom is 0.251 e. The second kappa shape index (κ2) is 8.49. The summed E-state index contributed by atoms with van der Waals surface area (Å²) in [6, 6.07) is 15.8. The number of carbonyl (C=O) groups is 1. The second-order valence-corrected chi connectivity index (χ2v) is 6.08. The van der Waals surface area contributed by atoms with Gasteiger partial charge in [-0.25, -0.2) is 0 Å². The molecular formula is C18H21NO2S. The standard InChI is InChI=1S/C18H21NO2S/c1-14-12-16(8-9-17(14)21-2)18(20)19-10-11-22-13-15-6-4-3-5-7-15/h3-9,12H,10-11,13H2,1-2H3,(H,19,20). The number of benzene rings is 2. The van der Waals surface area contributed by atoms with E-state index in [0.29, 0.717) is 12.1 Å². The first kappa shape index (κ1) is 16.4. The Bertz CT molecular complexity index is 614. The summed E-state index contributed by atoms with van der Waals surface area (Å²) < 4.78 is 5.20. The molecule has 0 aliphatic rings. The summed E-state index contributed by atoms with van der Waals surface area (Å²) in [6.45, 7) is 2.60. The fourth-order valence-electron chi connectivity index (χ4n) is 2.12. The lowest BCUT2D eigenvalue weighted by Gasteiger charge is -2.08. The molecule has 0 bridgehead atoms. The summed E-state index contributed by atoms with van der Waals surface area (Å²) in [6.07, 6.45) is 0. The molecule has 2 rings (SSSR count). The second-order valence-electron chi connectivity index (χ2n) is 4.98. The normalized spacial score (nSPS) is 10.3. The maximum absolute atomic E-state index is 12.1. The molecule has 0 fully saturated rings. The molecule has 0 saturated heterocycles. The van der Waals surface area contributed by atoms with Gasteiger partial charge in [-0.3, -0.25) is 4.79 Å². The molecule has 3 nitrogen and oxygen atoms in total. The van der Waals surface area contributed by atoms with E-state index in [1.54, 1.807) is 13.2 Å². The number of hydrogen-bond donors (Lipinski definition) is 1. The number of thioether (sulfide) groups is 1. The number of hydrogen-bond acceptors (Lipinski definition) is 3. The molecule has 0 radical (unpaired) electrons. The molecule has 0 unspecified atom stereocenters. The molecule has 0 aliphatic heterocycles. The molecule has 0 spiro atoms. The van der Waals surface area contributed by atoms with Crippen LogP contribution < -0.4 is 10.1 Å². The van der Waals surface area contributed by atoms with Gasteiger partial charge in [0.15, 0.2) is 0 Å². The van der Waals surface area contributed by atoms with E-state index in [-0.39, 0.29) is 5.91 Å². The lowest BCUT2D eigenvalue weighted by Crippen LogP contribution is -2.25. The van der Waals surface area contributed by atoms with Crippen LogP contribution in [0.1, 0.15) is 21.5 Å². The van der Waals surface area contributed by atoms with Crippen LogP contribution in [0.15, 0.2) is 48.5 Å². The van der Waals surface area contributed by atoms with Crippen molar-refractivity contribution in [3.8, 4) is 5.75 Å². The highest BCUT2D eigenvalue weighted by Gasteiger charge is 2.07. The predicted molar refractivity (Wildman–Crippen MR) is 92.7 cm³/mol. The van der Waals surface area contributed by atoms with Crippen LogP contribution in [0, 0.1) is 6.92 Å². The van der Waals surface area contributed by atoms with Gasteiger partial charge in [0.25, 0.3) is 5.91 Å². The third kappa shape index (κ3) is 4.81. The first-order valence-electron chi connectivity index (χ1n) is 7.25. The molecule has 1 amide bonds. The number of methoxy groups -OCH3 is 1. The fourth-order valence-corrected chi connectivity index (χ4v) is 2.94. The van der Waals surface area contributed by atoms with Gasteiger partial charge in [0.05, 0.1) is 7.11 Å². The summed E-state index contributed by atoms with van der Waals surface area (Å²) in [5.41, 5.74) is 2.95. The van der Waals surface area contributed by atoms with Crippen molar-refractivity contribution in [3.05, 3.63) is 65.2 Å². The highest BCUT2D eigenvalue weighted by Crippen LogP contribution is 2.18. The molecule has 116 valence electrons. The minimum atomic E-state index is -0.0361. The molecule has 4 heteroatoms. The number of ether oxygens (including phenoxy) is 1. The monoisotopic (exact) mass is 315 g/mol. The van der Waals surface area contributed by atoms with Gasteiger partial charge in [0.2, 0.25) is 0 Å². The van der Waals surface area contributed by atoms with E-state index in [0.717, 1.165) is 22.8 Å². The minimum absolute atomic E-state index is 0.0361. The third-order valence-electron chi connectivity index (χ3n) is 3.30. The van der Waals surface area contributed by atoms with E-state index in [9.17, 15) is 4.79 Å². The lowest BCUT2D eigenvalue weighted by atomic mass is 10.1. The number of carbonyl (C=O) groups excluding carboxylic acids is 1. The van der Waals surface area contributed by atoms with Crippen molar-refractivity contribution in [1.82, 2.24) is 5.32 Å². The highest BCUT2D eigenvalue weighted by atomic mass is 32.2. The number of rotatable bonds is 7. The predicted octanol–water partition coefficient (Wildman–Crippen LogP) is 3.67. The van der Waals surface area contributed by atoms with Crippen molar-refractivity contribution in [2.45, 2.75) is 12.7 Å². The van der Waals surface area contributed by atoms with Crippen molar-refractivity contribution in [2.75, 3.05) is 19.4 Å². The van der Waals surface area contributed by atoms with Gasteiger partial charge in [0, 0.05) is 23.6 Å². The topological polar surface area (TPSA) is 38.3 Å². The Morgan fingerprint density at radius 3 is 2.64 bits per heavy atom. The first-order chi connectivity index (χ1) is 10.7. The van der Waals surface area contributed by atoms with Gasteiger partial charge < -0.3 is 10.1 Å². The summed E-state index contributed by atoms with van der Waals surface area (Å²) in [5.74, 6) is 2.63. The van der Waals surface area contributed by atoms with E-state index < -0.39 is 0 Å². The number of aryl methyl sites for hydroxylation is 1. The van der Waals surface area contributed by atoms with Crippen LogP contribution in [-0.4, -0.2) is 25.3 Å². The Kier molecular flexibility index (Phi) is 6.34. The molecule has 0 atom stereocenters. The molecule has 0 aliphatic carbocycles. The van der Waals surface area contributed by atoms with Crippen LogP contribution in [0.2, 0.25) is 0 Å². The third-order valence-corrected chi connectivity index (χ3v) is 4.33. The summed E-state index contributed by atoms with van der Waals surface area (Å²) >= 11 is 1.82. The summed E-state index contributed by atoms with van der Waals surface area (Å²) in [7, 11) is 1.63. The van der Waals surface area contributed by atoms with Crippen LogP contribution in [0.25, 0.3) is 0 Å². The Labute approximate surface area is 136 Å². The molecule has 0 heterocycles. The highest BCUT2D eigenvalue weighted by molar-refractivity contribution is 7.98. The molecule has 0 saturated carbocycles. The van der Waals surface area contributed by atoms with Crippen LogP contribution in [0.4, 0.5) is 0 Å². The van der Waals surface area contributed by atoms with Crippen LogP contribution >= 0.6 is 11.8 Å². The SMILES string of the molecule is COc1ccc(C(=O)NCCSCc2ccccc2)cc1C. The largest absolute Gasteiger partial charge is 0.496 e. The van der Waals surface area contributed by atoms with Crippen molar-refractivity contribution < 1.29 is 9.53 Å². The van der Waals surface area contributed by atoms with Gasteiger partial charge in [-0.15, -0.1) is 0 Å². The number of nitrogens with one attached hydrogen (secondary N) is 1. The van der Waals surface area contributed by atoms with Crippen LogP contribution in [-0.2, 0) is 5.75 Å². The molecule has 1 N–H and O–H groups in total. The zero-order valence-electron chi connectivity index (χ0n) is 13.0. The minimum Gasteiger partial charge on any atom is -0.496 e. The first-order valence-corrected chi connectivity index (χ1v) is 8.40. The van der Waals surface area contributed by atoms with E-state index in [2.05, 4.69) is 17.4 Å². The van der Waals surface area contributed by atoms with Crippen molar-refractivity contribution >= 4 is 17.7 Å². The summed E-state index contributed by atoms with van der Waals surface area (Å²) in [4.78, 5) is 12.1. The zero-order chi connectivity index (χ0) is 15.8. The van der Waals surface area contributed by atoms with Gasteiger partial charge >= 0.3 is 0 Å². The average Bonchev–Trinajstić information content (AvgIpc) is 2.55.